The molecule has 29 heavy (non-hydrogen) atoms. The number of hydrogen-bond donors (Lipinski definition) is 2. The molecule has 6 nitrogen and oxygen atoms in total. The van der Waals surface area contributed by atoms with Crippen molar-refractivity contribution in [2.24, 2.45) is 4.99 Å². The van der Waals surface area contributed by atoms with Crippen molar-refractivity contribution in [3.8, 4) is 5.75 Å². The van der Waals surface area contributed by atoms with Crippen molar-refractivity contribution in [2.75, 3.05) is 38.2 Å². The first-order chi connectivity index (χ1) is 13.7. The molecule has 2 aromatic rings. The summed E-state index contributed by atoms with van der Waals surface area (Å²) >= 11 is 6.24. The number of guanidine groups is 1. The van der Waals surface area contributed by atoms with Crippen LogP contribution in [0, 0.1) is 5.82 Å². The zero-order valence-corrected chi connectivity index (χ0v) is 19.4. The first-order valence-corrected chi connectivity index (χ1v) is 9.74. The van der Waals surface area contributed by atoms with E-state index < -0.39 is 0 Å². The molecular formula is C20H26ClFIN5O. The number of hydrogen-bond acceptors (Lipinski definition) is 4. The number of nitrogens with zero attached hydrogens (tertiary/aromatic N) is 3. The fourth-order valence-electron chi connectivity index (χ4n) is 3.07. The fraction of sp³-hybridized carbons (Fsp3) is 0.400. The van der Waals surface area contributed by atoms with Crippen LogP contribution in [0.4, 0.5) is 10.2 Å². The number of rotatable bonds is 7. The maximum absolute atomic E-state index is 12.9. The van der Waals surface area contributed by atoms with Gasteiger partial charge in [0.1, 0.15) is 17.4 Å². The lowest BCUT2D eigenvalue weighted by atomic mass is 10.3. The molecule has 1 atom stereocenters. The SMILES string of the molecule is CN=C(NCCCOc1ccc(F)cc1)NC1CCN(c2ncccc2Cl)C1.I. The van der Waals surface area contributed by atoms with Gasteiger partial charge in [0, 0.05) is 38.9 Å². The predicted octanol–water partition coefficient (Wildman–Crippen LogP) is 3.70. The molecule has 1 aliphatic rings. The normalized spacial score (nSPS) is 16.3. The zero-order chi connectivity index (χ0) is 19.8. The van der Waals surface area contributed by atoms with Crippen molar-refractivity contribution in [1.82, 2.24) is 15.6 Å². The number of ether oxygens (including phenoxy) is 1. The molecule has 0 radical (unpaired) electrons. The van der Waals surface area contributed by atoms with Gasteiger partial charge in [0.2, 0.25) is 0 Å². The van der Waals surface area contributed by atoms with Gasteiger partial charge in [0.15, 0.2) is 5.96 Å². The van der Waals surface area contributed by atoms with E-state index >= 15 is 0 Å². The highest BCUT2D eigenvalue weighted by Crippen LogP contribution is 2.25. The Morgan fingerprint density at radius 3 is 2.86 bits per heavy atom. The molecule has 1 unspecified atom stereocenters. The van der Waals surface area contributed by atoms with Crippen LogP contribution in [0.1, 0.15) is 12.8 Å². The molecule has 1 saturated heterocycles. The van der Waals surface area contributed by atoms with Gasteiger partial charge in [-0.15, -0.1) is 24.0 Å². The number of anilines is 1. The van der Waals surface area contributed by atoms with Gasteiger partial charge in [0.05, 0.1) is 11.6 Å². The van der Waals surface area contributed by atoms with E-state index in [2.05, 4.69) is 25.5 Å². The Labute approximate surface area is 192 Å². The molecule has 2 N–H and O–H groups in total. The summed E-state index contributed by atoms with van der Waals surface area (Å²) in [5.41, 5.74) is 0. The molecule has 1 aliphatic heterocycles. The van der Waals surface area contributed by atoms with E-state index in [0.29, 0.717) is 17.4 Å². The van der Waals surface area contributed by atoms with Crippen molar-refractivity contribution in [2.45, 2.75) is 18.9 Å². The Balaban J connectivity index is 0.00000300. The second-order valence-electron chi connectivity index (χ2n) is 6.54. The number of halogens is 3. The average Bonchev–Trinajstić information content (AvgIpc) is 3.17. The smallest absolute Gasteiger partial charge is 0.191 e. The molecule has 0 bridgehead atoms. The Morgan fingerprint density at radius 1 is 1.34 bits per heavy atom. The Hall–Kier alpha value is -1.81. The van der Waals surface area contributed by atoms with E-state index in [1.54, 1.807) is 25.4 Å². The topological polar surface area (TPSA) is 61.8 Å². The predicted molar refractivity (Wildman–Crippen MR) is 126 cm³/mol. The lowest BCUT2D eigenvalue weighted by molar-refractivity contribution is 0.310. The quantitative estimate of drug-likeness (QED) is 0.246. The van der Waals surface area contributed by atoms with Gasteiger partial charge in [-0.3, -0.25) is 4.99 Å². The second kappa shape index (κ2) is 12.0. The maximum atomic E-state index is 12.9. The summed E-state index contributed by atoms with van der Waals surface area (Å²) < 4.78 is 18.5. The van der Waals surface area contributed by atoms with E-state index in [0.717, 1.165) is 44.3 Å². The van der Waals surface area contributed by atoms with Crippen molar-refractivity contribution in [1.29, 1.82) is 0 Å². The van der Waals surface area contributed by atoms with Crippen LogP contribution in [-0.2, 0) is 0 Å². The Bertz CT molecular complexity index is 793. The van der Waals surface area contributed by atoms with E-state index in [-0.39, 0.29) is 35.8 Å². The van der Waals surface area contributed by atoms with Gasteiger partial charge in [-0.1, -0.05) is 11.6 Å². The van der Waals surface area contributed by atoms with Gasteiger partial charge < -0.3 is 20.3 Å². The van der Waals surface area contributed by atoms with E-state index in [1.807, 2.05) is 12.1 Å². The molecule has 158 valence electrons. The molecule has 1 aromatic heterocycles. The van der Waals surface area contributed by atoms with E-state index in [4.69, 9.17) is 16.3 Å². The van der Waals surface area contributed by atoms with Crippen LogP contribution >= 0.6 is 35.6 Å². The summed E-state index contributed by atoms with van der Waals surface area (Å²) in [5.74, 6) is 2.00. The monoisotopic (exact) mass is 533 g/mol. The molecule has 1 fully saturated rings. The summed E-state index contributed by atoms with van der Waals surface area (Å²) in [7, 11) is 1.76. The average molecular weight is 534 g/mol. The number of aromatic nitrogens is 1. The third kappa shape index (κ3) is 7.18. The van der Waals surface area contributed by atoms with Crippen LogP contribution < -0.4 is 20.3 Å². The minimum Gasteiger partial charge on any atom is -0.494 e. The fourth-order valence-corrected chi connectivity index (χ4v) is 3.31. The lowest BCUT2D eigenvalue weighted by Gasteiger charge is -2.20. The summed E-state index contributed by atoms with van der Waals surface area (Å²) in [6, 6.07) is 10.0. The van der Waals surface area contributed by atoms with Crippen molar-refractivity contribution < 1.29 is 9.13 Å². The Morgan fingerprint density at radius 2 is 2.14 bits per heavy atom. The van der Waals surface area contributed by atoms with Crippen LogP contribution in [-0.4, -0.2) is 50.3 Å². The third-order valence-corrected chi connectivity index (χ3v) is 4.78. The highest BCUT2D eigenvalue weighted by Gasteiger charge is 2.25. The van der Waals surface area contributed by atoms with Gasteiger partial charge in [-0.2, -0.15) is 0 Å². The summed E-state index contributed by atoms with van der Waals surface area (Å²) in [6.45, 7) is 3.00. The Kier molecular flexibility index (Phi) is 9.72. The van der Waals surface area contributed by atoms with Gasteiger partial charge >= 0.3 is 0 Å². The van der Waals surface area contributed by atoms with Crippen molar-refractivity contribution >= 4 is 47.4 Å². The summed E-state index contributed by atoms with van der Waals surface area (Å²) in [6.07, 6.45) is 3.55. The molecule has 3 rings (SSSR count). The number of benzene rings is 1. The number of nitrogens with one attached hydrogen (secondary N) is 2. The zero-order valence-electron chi connectivity index (χ0n) is 16.3. The molecule has 2 heterocycles. The van der Waals surface area contributed by atoms with E-state index in [1.165, 1.54) is 12.1 Å². The van der Waals surface area contributed by atoms with Crippen molar-refractivity contribution in [3.63, 3.8) is 0 Å². The molecule has 0 saturated carbocycles. The van der Waals surface area contributed by atoms with Crippen LogP contribution in [0.15, 0.2) is 47.6 Å². The minimum atomic E-state index is -0.264. The first-order valence-electron chi connectivity index (χ1n) is 9.36. The molecule has 9 heteroatoms. The summed E-state index contributed by atoms with van der Waals surface area (Å²) in [4.78, 5) is 10.8. The number of aliphatic imine (C=N–C) groups is 1. The molecule has 0 amide bonds. The largest absolute Gasteiger partial charge is 0.494 e. The molecule has 0 spiro atoms. The van der Waals surface area contributed by atoms with Crippen LogP contribution in [0.25, 0.3) is 0 Å². The highest BCUT2D eigenvalue weighted by molar-refractivity contribution is 14.0. The van der Waals surface area contributed by atoms with Crippen LogP contribution in [0.5, 0.6) is 5.75 Å². The second-order valence-corrected chi connectivity index (χ2v) is 6.95. The first kappa shape index (κ1) is 23.5. The molecule has 1 aromatic carbocycles. The highest BCUT2D eigenvalue weighted by atomic mass is 127. The third-order valence-electron chi connectivity index (χ3n) is 4.49. The van der Waals surface area contributed by atoms with Crippen molar-refractivity contribution in [3.05, 3.63) is 53.4 Å². The minimum absolute atomic E-state index is 0. The van der Waals surface area contributed by atoms with Crippen LogP contribution in [0.3, 0.4) is 0 Å². The lowest BCUT2D eigenvalue weighted by Crippen LogP contribution is -2.45. The molecule has 0 aliphatic carbocycles. The standard InChI is InChI=1S/C20H25ClFN5O.HI/c1-23-20(25-11-3-13-28-17-7-5-15(22)6-8-17)26-16-9-12-27(14-16)19-18(21)4-2-10-24-19;/h2,4-8,10,16H,3,9,11-14H2,1H3,(H2,23,25,26);1H. The van der Waals surface area contributed by atoms with Gasteiger partial charge in [-0.05, 0) is 49.2 Å². The number of pyridine rings is 1. The summed E-state index contributed by atoms with van der Waals surface area (Å²) in [5, 5.41) is 7.41. The van der Waals surface area contributed by atoms with Crippen LogP contribution in [0.2, 0.25) is 5.02 Å². The van der Waals surface area contributed by atoms with Gasteiger partial charge in [0.25, 0.3) is 0 Å². The molecular weight excluding hydrogens is 508 g/mol. The maximum Gasteiger partial charge on any atom is 0.191 e. The van der Waals surface area contributed by atoms with Gasteiger partial charge in [-0.25, -0.2) is 9.37 Å². The van der Waals surface area contributed by atoms with E-state index in [9.17, 15) is 4.39 Å².